The maximum Gasteiger partial charge on any atom is 0.0843 e. The number of benzene rings is 3. The van der Waals surface area contributed by atoms with Crippen LogP contribution in [0.15, 0.2) is 78.9 Å². The van der Waals surface area contributed by atoms with Gasteiger partial charge < -0.3 is 5.11 Å². The van der Waals surface area contributed by atoms with Crippen LogP contribution in [0.3, 0.4) is 0 Å². The van der Waals surface area contributed by atoms with Crippen molar-refractivity contribution in [1.82, 2.24) is 4.98 Å². The van der Waals surface area contributed by atoms with Crippen molar-refractivity contribution < 1.29 is 5.11 Å². The van der Waals surface area contributed by atoms with Crippen LogP contribution >= 0.6 is 23.4 Å². The first kappa shape index (κ1) is 29.4. The first-order valence-corrected chi connectivity index (χ1v) is 14.5. The maximum atomic E-state index is 10.7. The summed E-state index contributed by atoms with van der Waals surface area (Å²) in [5, 5.41) is 12.9. The van der Waals surface area contributed by atoms with Crippen molar-refractivity contribution in [2.75, 3.05) is 5.75 Å². The van der Waals surface area contributed by atoms with Gasteiger partial charge in [-0.1, -0.05) is 78.3 Å². The molecule has 1 fully saturated rings. The number of thioether (sulfide) groups is 1. The predicted molar refractivity (Wildman–Crippen MR) is 166 cm³/mol. The molecule has 1 saturated carbocycles. The fourth-order valence-corrected chi connectivity index (χ4v) is 6.38. The van der Waals surface area contributed by atoms with Crippen molar-refractivity contribution in [2.45, 2.75) is 50.4 Å². The Morgan fingerprint density at radius 1 is 1.00 bits per heavy atom. The van der Waals surface area contributed by atoms with Crippen LogP contribution in [0, 0.1) is 5.92 Å². The van der Waals surface area contributed by atoms with Crippen molar-refractivity contribution in [2.24, 2.45) is 5.92 Å². The molecule has 1 aromatic heterocycles. The fraction of sp³-hybridized carbons (Fsp3) is 0.303. The number of nitrogens with zero attached hydrogens (tertiary/aromatic N) is 1. The second-order valence-corrected chi connectivity index (χ2v) is 12.3. The molecule has 1 N–H and O–H groups in total. The zero-order valence-electron chi connectivity index (χ0n) is 22.5. The minimum Gasteiger partial charge on any atom is -0.386 e. The van der Waals surface area contributed by atoms with Crippen LogP contribution in [0.1, 0.15) is 66.3 Å². The Balaban J connectivity index is 0.00000336. The monoisotopic (exact) mass is 550 g/mol. The number of aryl methyl sites for hydroxylation is 1. The Morgan fingerprint density at radius 2 is 1.79 bits per heavy atom. The Morgan fingerprint density at radius 3 is 2.58 bits per heavy atom. The third-order valence-corrected chi connectivity index (χ3v) is 8.80. The third kappa shape index (κ3) is 7.97. The average Bonchev–Trinajstić information content (AvgIpc) is 3.72. The summed E-state index contributed by atoms with van der Waals surface area (Å²) < 4.78 is 0. The molecule has 1 heterocycles. The summed E-state index contributed by atoms with van der Waals surface area (Å²) in [5.41, 5.74) is 5.81. The number of hydrogen-bond acceptors (Lipinski definition) is 3. The molecule has 0 amide bonds. The topological polar surface area (TPSA) is 33.1 Å². The zero-order chi connectivity index (χ0) is 25.8. The van der Waals surface area contributed by atoms with Gasteiger partial charge in [-0.25, -0.2) is 4.98 Å². The third-order valence-electron chi connectivity index (χ3n) is 6.99. The molecule has 1 aliphatic rings. The van der Waals surface area contributed by atoms with Crippen molar-refractivity contribution in [3.05, 3.63) is 112 Å². The van der Waals surface area contributed by atoms with Gasteiger partial charge in [0.2, 0.25) is 0 Å². The Labute approximate surface area is 258 Å². The second kappa shape index (κ2) is 13.2. The van der Waals surface area contributed by atoms with Gasteiger partial charge in [0.25, 0.3) is 0 Å². The summed E-state index contributed by atoms with van der Waals surface area (Å²) in [5.74, 6) is 2.10. The number of aromatic nitrogens is 1. The largest absolute Gasteiger partial charge is 0.386 e. The molecule has 5 heteroatoms. The number of hydrogen-bond donors (Lipinski definition) is 1. The van der Waals surface area contributed by atoms with E-state index in [1.807, 2.05) is 44.2 Å². The molecule has 3 aromatic carbocycles. The van der Waals surface area contributed by atoms with Crippen LogP contribution in [0.4, 0.5) is 0 Å². The maximum absolute atomic E-state index is 10.7. The Bertz CT molecular complexity index is 1410. The molecule has 191 valence electrons. The van der Waals surface area contributed by atoms with Gasteiger partial charge in [0, 0.05) is 45.2 Å². The predicted octanol–water partition coefficient (Wildman–Crippen LogP) is 8.72. The van der Waals surface area contributed by atoms with Gasteiger partial charge in [-0.15, -0.1) is 0 Å². The summed E-state index contributed by atoms with van der Waals surface area (Å²) in [7, 11) is 0. The van der Waals surface area contributed by atoms with E-state index < -0.39 is 5.60 Å². The second-order valence-electron chi connectivity index (χ2n) is 10.6. The summed E-state index contributed by atoms with van der Waals surface area (Å²) in [4.78, 5) is 4.76. The van der Waals surface area contributed by atoms with E-state index in [-0.39, 0.29) is 29.6 Å². The molecule has 38 heavy (non-hydrogen) atoms. The van der Waals surface area contributed by atoms with Crippen LogP contribution in [0.2, 0.25) is 5.02 Å². The fourth-order valence-electron chi connectivity index (χ4n) is 4.75. The van der Waals surface area contributed by atoms with E-state index in [1.54, 1.807) is 0 Å². The van der Waals surface area contributed by atoms with Crippen LogP contribution < -0.4 is 0 Å². The smallest absolute Gasteiger partial charge is 0.0843 e. The van der Waals surface area contributed by atoms with E-state index in [0.29, 0.717) is 10.3 Å². The van der Waals surface area contributed by atoms with Crippen LogP contribution in [-0.2, 0) is 12.0 Å². The molecule has 0 saturated heterocycles. The number of rotatable bonds is 10. The normalized spacial score (nSPS) is 14.5. The molecule has 0 unspecified atom stereocenters. The Hall–Kier alpha value is -1.59. The molecule has 0 bridgehead atoms. The SMILES string of the molecule is CC(C)(O)c1ccccc1CC[C@@H](SCC1CC1)c1cccc(C=Cc2ccc3ccc(Cl)cc3n2)c1.[Na]. The van der Waals surface area contributed by atoms with Gasteiger partial charge in [0.1, 0.15) is 0 Å². The molecule has 1 radical (unpaired) electrons. The standard InChI is InChI=1S/C33H34ClNOS.Na/c1-33(2,36)30-9-4-3-7-25(30)15-19-32(37-22-24-10-11-24)27-8-5-6-23(20-27)12-17-29-18-14-26-13-16-28(34)21-31(26)35-29;/h3-9,12-14,16-18,20-21,24,32,36H,10-11,15,19,22H2,1-2H3;/t32-;/m1./s1. The van der Waals surface area contributed by atoms with E-state index in [1.165, 1.54) is 35.3 Å². The van der Waals surface area contributed by atoms with Crippen LogP contribution in [0.25, 0.3) is 23.1 Å². The molecule has 4 aromatic rings. The molecule has 1 atom stereocenters. The molecule has 2 nitrogen and oxygen atoms in total. The van der Waals surface area contributed by atoms with E-state index in [2.05, 4.69) is 72.4 Å². The van der Waals surface area contributed by atoms with Crippen LogP contribution in [0.5, 0.6) is 0 Å². The summed E-state index contributed by atoms with van der Waals surface area (Å²) in [6.07, 6.45) is 8.96. The van der Waals surface area contributed by atoms with E-state index in [9.17, 15) is 5.11 Å². The van der Waals surface area contributed by atoms with E-state index in [4.69, 9.17) is 16.6 Å². The number of aliphatic hydroxyl groups is 1. The van der Waals surface area contributed by atoms with Crippen molar-refractivity contribution >= 4 is 76.0 Å². The molecular weight excluding hydrogens is 517 g/mol. The van der Waals surface area contributed by atoms with Gasteiger partial charge >= 0.3 is 0 Å². The molecule has 0 spiro atoms. The number of pyridine rings is 1. The zero-order valence-corrected chi connectivity index (χ0v) is 26.1. The van der Waals surface area contributed by atoms with Gasteiger partial charge in [-0.2, -0.15) is 11.8 Å². The first-order valence-electron chi connectivity index (χ1n) is 13.1. The summed E-state index contributed by atoms with van der Waals surface area (Å²) in [6, 6.07) is 27.2. The van der Waals surface area contributed by atoms with Crippen molar-refractivity contribution in [1.29, 1.82) is 0 Å². The quantitative estimate of drug-likeness (QED) is 0.200. The van der Waals surface area contributed by atoms with E-state index >= 15 is 0 Å². The minimum absolute atomic E-state index is 0. The first-order chi connectivity index (χ1) is 17.8. The van der Waals surface area contributed by atoms with Crippen molar-refractivity contribution in [3.8, 4) is 0 Å². The Kier molecular flexibility index (Phi) is 10.2. The molecule has 5 rings (SSSR count). The van der Waals surface area contributed by atoms with Crippen LogP contribution in [-0.4, -0.2) is 45.4 Å². The van der Waals surface area contributed by atoms with Gasteiger partial charge in [-0.05, 0) is 97.7 Å². The molecule has 0 aliphatic heterocycles. The van der Waals surface area contributed by atoms with Gasteiger partial charge in [-0.3, -0.25) is 0 Å². The summed E-state index contributed by atoms with van der Waals surface area (Å²) in [6.45, 7) is 3.75. The average molecular weight is 551 g/mol. The van der Waals surface area contributed by atoms with Gasteiger partial charge in [0.05, 0.1) is 16.8 Å². The van der Waals surface area contributed by atoms with Gasteiger partial charge in [0.15, 0.2) is 0 Å². The molecular formula is C33H34ClNNaOS. The van der Waals surface area contributed by atoms with Crippen molar-refractivity contribution in [3.63, 3.8) is 0 Å². The number of halogens is 1. The number of fused-ring (bicyclic) bond motifs is 1. The minimum atomic E-state index is -0.833. The van der Waals surface area contributed by atoms with E-state index in [0.717, 1.165) is 40.9 Å². The molecule has 1 aliphatic carbocycles. The summed E-state index contributed by atoms with van der Waals surface area (Å²) >= 11 is 8.26.